The molecule has 0 saturated carbocycles. The average molecular weight is 421 g/mol. The predicted molar refractivity (Wildman–Crippen MR) is 119 cm³/mol. The van der Waals surface area contributed by atoms with Crippen molar-refractivity contribution in [3.05, 3.63) is 89.3 Å². The van der Waals surface area contributed by atoms with Gasteiger partial charge in [0.1, 0.15) is 11.6 Å². The van der Waals surface area contributed by atoms with Crippen molar-refractivity contribution < 1.29 is 9.18 Å². The summed E-state index contributed by atoms with van der Waals surface area (Å²) in [6, 6.07) is 15.0. The molecule has 0 bridgehead atoms. The molecule has 31 heavy (non-hydrogen) atoms. The van der Waals surface area contributed by atoms with Crippen molar-refractivity contribution in [2.24, 2.45) is 5.92 Å². The van der Waals surface area contributed by atoms with Gasteiger partial charge in [0.05, 0.1) is 0 Å². The zero-order chi connectivity index (χ0) is 21.6. The zero-order valence-electron chi connectivity index (χ0n) is 17.9. The van der Waals surface area contributed by atoms with Crippen molar-refractivity contribution in [1.29, 1.82) is 0 Å². The Kier molecular flexibility index (Phi) is 6.77. The van der Waals surface area contributed by atoms with Gasteiger partial charge in [0.25, 0.3) is 0 Å². The van der Waals surface area contributed by atoms with E-state index in [9.17, 15) is 9.18 Å². The van der Waals surface area contributed by atoms with E-state index in [0.29, 0.717) is 6.54 Å². The Labute approximate surface area is 182 Å². The van der Waals surface area contributed by atoms with Gasteiger partial charge in [-0.25, -0.2) is 9.37 Å². The second-order valence-electron chi connectivity index (χ2n) is 8.32. The van der Waals surface area contributed by atoms with Crippen LogP contribution in [-0.4, -0.2) is 33.4 Å². The minimum absolute atomic E-state index is 0.0567. The molecular formula is C25H29FN4O. The number of nitrogens with zero attached hydrogens (tertiary/aromatic N) is 3. The number of benzene rings is 2. The van der Waals surface area contributed by atoms with Crippen molar-refractivity contribution in [2.75, 3.05) is 13.1 Å². The Balaban J connectivity index is 1.24. The Morgan fingerprint density at radius 2 is 1.81 bits per heavy atom. The monoisotopic (exact) mass is 420 g/mol. The number of imidazole rings is 1. The molecule has 4 rings (SSSR count). The van der Waals surface area contributed by atoms with Crippen molar-refractivity contribution in [3.63, 3.8) is 0 Å². The number of carbonyl (C=O) groups excluding carboxylic acids is 1. The molecule has 0 aliphatic carbocycles. The minimum atomic E-state index is -0.207. The first-order valence-electron chi connectivity index (χ1n) is 10.9. The minimum Gasteiger partial charge on any atom is -0.352 e. The van der Waals surface area contributed by atoms with Crippen LogP contribution >= 0.6 is 0 Å². The van der Waals surface area contributed by atoms with E-state index in [0.717, 1.165) is 56.0 Å². The lowest BCUT2D eigenvalue weighted by molar-refractivity contribution is -0.126. The molecule has 0 unspecified atom stereocenters. The van der Waals surface area contributed by atoms with Crippen molar-refractivity contribution in [3.8, 4) is 0 Å². The number of rotatable bonds is 7. The van der Waals surface area contributed by atoms with Crippen LogP contribution in [-0.2, 0) is 24.4 Å². The molecule has 6 heteroatoms. The average Bonchev–Trinajstić information content (AvgIpc) is 3.19. The first-order chi connectivity index (χ1) is 15.1. The van der Waals surface area contributed by atoms with Crippen molar-refractivity contribution in [1.82, 2.24) is 19.8 Å². The second-order valence-corrected chi connectivity index (χ2v) is 8.32. The van der Waals surface area contributed by atoms with Crippen LogP contribution in [0.15, 0.2) is 60.9 Å². The summed E-state index contributed by atoms with van der Waals surface area (Å²) in [6.45, 7) is 5.89. The summed E-state index contributed by atoms with van der Waals surface area (Å²) in [5, 5.41) is 3.12. The molecule has 1 fully saturated rings. The summed E-state index contributed by atoms with van der Waals surface area (Å²) in [6.07, 6.45) is 5.50. The number of amides is 1. The molecule has 0 spiro atoms. The lowest BCUT2D eigenvalue weighted by Crippen LogP contribution is -2.40. The van der Waals surface area contributed by atoms with E-state index in [4.69, 9.17) is 0 Å². The van der Waals surface area contributed by atoms with Crippen LogP contribution in [0.5, 0.6) is 0 Å². The molecule has 5 nitrogen and oxygen atoms in total. The van der Waals surface area contributed by atoms with Gasteiger partial charge in [-0.1, -0.05) is 36.4 Å². The molecule has 1 saturated heterocycles. The Morgan fingerprint density at radius 1 is 1.06 bits per heavy atom. The van der Waals surface area contributed by atoms with Gasteiger partial charge in [-0.2, -0.15) is 0 Å². The standard InChI is InChI=1S/C25H29FN4O/c1-19-27-11-14-30(19)18-22-4-2-3-21(15-22)16-28-25(31)23-9-12-29(13-10-23)17-20-5-7-24(26)8-6-20/h2-8,11,14-15,23H,9-10,12-13,16-18H2,1H3,(H,28,31). The molecular weight excluding hydrogens is 391 g/mol. The van der Waals surface area contributed by atoms with E-state index in [-0.39, 0.29) is 17.6 Å². The summed E-state index contributed by atoms with van der Waals surface area (Å²) in [4.78, 5) is 19.3. The summed E-state index contributed by atoms with van der Waals surface area (Å²) in [5.74, 6) is 0.976. The maximum atomic E-state index is 13.1. The molecule has 1 N–H and O–H groups in total. The second kappa shape index (κ2) is 9.88. The van der Waals surface area contributed by atoms with Crippen LogP contribution in [0.4, 0.5) is 4.39 Å². The third-order valence-electron chi connectivity index (χ3n) is 6.01. The quantitative estimate of drug-likeness (QED) is 0.631. The van der Waals surface area contributed by atoms with Gasteiger partial charge in [0, 0.05) is 37.9 Å². The van der Waals surface area contributed by atoms with E-state index < -0.39 is 0 Å². The molecule has 1 amide bonds. The van der Waals surface area contributed by atoms with E-state index in [1.807, 2.05) is 37.5 Å². The van der Waals surface area contributed by atoms with Crippen molar-refractivity contribution in [2.45, 2.75) is 39.4 Å². The number of piperidine rings is 1. The fourth-order valence-corrected chi connectivity index (χ4v) is 4.14. The first kappa shape index (κ1) is 21.2. The van der Waals surface area contributed by atoms with Gasteiger partial charge >= 0.3 is 0 Å². The summed E-state index contributed by atoms with van der Waals surface area (Å²) < 4.78 is 15.2. The first-order valence-corrected chi connectivity index (χ1v) is 10.9. The number of carbonyl (C=O) groups is 1. The fraction of sp³-hybridized carbons (Fsp3) is 0.360. The highest BCUT2D eigenvalue weighted by molar-refractivity contribution is 5.78. The number of halogens is 1. The normalized spacial score (nSPS) is 15.2. The maximum Gasteiger partial charge on any atom is 0.223 e. The molecule has 2 aromatic carbocycles. The van der Waals surface area contributed by atoms with E-state index in [1.54, 1.807) is 0 Å². The van der Waals surface area contributed by atoms with Crippen LogP contribution in [0.2, 0.25) is 0 Å². The molecule has 1 aliphatic heterocycles. The lowest BCUT2D eigenvalue weighted by Gasteiger charge is -2.31. The topological polar surface area (TPSA) is 50.2 Å². The highest BCUT2D eigenvalue weighted by Crippen LogP contribution is 2.20. The molecule has 1 aliphatic rings. The van der Waals surface area contributed by atoms with Gasteiger partial charge < -0.3 is 9.88 Å². The van der Waals surface area contributed by atoms with Crippen LogP contribution in [0.1, 0.15) is 35.4 Å². The fourth-order valence-electron chi connectivity index (χ4n) is 4.14. The van der Waals surface area contributed by atoms with E-state index in [2.05, 4.69) is 38.0 Å². The third-order valence-corrected chi connectivity index (χ3v) is 6.01. The number of likely N-dealkylation sites (tertiary alicyclic amines) is 1. The third kappa shape index (κ3) is 5.79. The molecule has 2 heterocycles. The molecule has 0 atom stereocenters. The van der Waals surface area contributed by atoms with Gasteiger partial charge in [0.2, 0.25) is 5.91 Å². The van der Waals surface area contributed by atoms with Gasteiger partial charge in [-0.05, 0) is 61.7 Å². The Morgan fingerprint density at radius 3 is 2.52 bits per heavy atom. The van der Waals surface area contributed by atoms with Gasteiger partial charge in [-0.3, -0.25) is 9.69 Å². The largest absolute Gasteiger partial charge is 0.352 e. The SMILES string of the molecule is Cc1nccn1Cc1cccc(CNC(=O)C2CCN(Cc3ccc(F)cc3)CC2)c1. The van der Waals surface area contributed by atoms with Gasteiger partial charge in [-0.15, -0.1) is 0 Å². The number of hydrogen-bond donors (Lipinski definition) is 1. The number of aromatic nitrogens is 2. The van der Waals surface area contributed by atoms with Crippen molar-refractivity contribution >= 4 is 5.91 Å². The highest BCUT2D eigenvalue weighted by atomic mass is 19.1. The summed E-state index contributed by atoms with van der Waals surface area (Å²) in [5.41, 5.74) is 3.41. The maximum absolute atomic E-state index is 13.1. The van der Waals surface area contributed by atoms with E-state index >= 15 is 0 Å². The molecule has 162 valence electrons. The van der Waals surface area contributed by atoms with Crippen LogP contribution < -0.4 is 5.32 Å². The zero-order valence-corrected chi connectivity index (χ0v) is 17.9. The number of hydrogen-bond acceptors (Lipinski definition) is 3. The van der Waals surface area contributed by atoms with Crippen LogP contribution in [0, 0.1) is 18.7 Å². The smallest absolute Gasteiger partial charge is 0.223 e. The molecule has 0 radical (unpaired) electrons. The Hall–Kier alpha value is -2.99. The van der Waals surface area contributed by atoms with Crippen LogP contribution in [0.25, 0.3) is 0 Å². The van der Waals surface area contributed by atoms with Crippen LogP contribution in [0.3, 0.4) is 0 Å². The number of nitrogens with one attached hydrogen (secondary N) is 1. The van der Waals surface area contributed by atoms with E-state index in [1.165, 1.54) is 17.7 Å². The Bertz CT molecular complexity index is 1010. The summed E-state index contributed by atoms with van der Waals surface area (Å²) in [7, 11) is 0. The summed E-state index contributed by atoms with van der Waals surface area (Å²) >= 11 is 0. The lowest BCUT2D eigenvalue weighted by atomic mass is 9.95. The predicted octanol–water partition coefficient (Wildman–Crippen LogP) is 3.91. The highest BCUT2D eigenvalue weighted by Gasteiger charge is 2.24. The number of aryl methyl sites for hydroxylation is 1. The molecule has 1 aromatic heterocycles. The molecule has 3 aromatic rings. The van der Waals surface area contributed by atoms with Gasteiger partial charge in [0.15, 0.2) is 0 Å².